The summed E-state index contributed by atoms with van der Waals surface area (Å²) in [6, 6.07) is -0.191. The predicted molar refractivity (Wildman–Crippen MR) is 55.4 cm³/mol. The maximum Gasteiger partial charge on any atom is 0.212 e. The van der Waals surface area contributed by atoms with Gasteiger partial charge in [0.1, 0.15) is 0 Å². The molecule has 1 fully saturated rings. The molecule has 0 aliphatic heterocycles. The topological polar surface area (TPSA) is 66.4 Å². The van der Waals surface area contributed by atoms with Crippen LogP contribution in [0.2, 0.25) is 0 Å². The van der Waals surface area contributed by atoms with Crippen LogP contribution >= 0.6 is 0 Å². The fraction of sp³-hybridized carbons (Fsp3) is 1.00. The largest absolute Gasteiger partial charge is 0.396 e. The molecule has 0 saturated heterocycles. The number of hydrogen-bond acceptors (Lipinski definition) is 3. The Balaban J connectivity index is 2.40. The van der Waals surface area contributed by atoms with Gasteiger partial charge in [-0.3, -0.25) is 0 Å². The second kappa shape index (κ2) is 4.59. The predicted octanol–water partition coefficient (Wildman–Crippen LogP) is 0.333. The van der Waals surface area contributed by atoms with Crippen molar-refractivity contribution in [2.75, 3.05) is 12.4 Å². The standard InChI is InChI=1S/C9H19NO3S/c1-7(5-11)8(2)10-14(12,13)6-9-3-4-9/h7-11H,3-6H2,1-2H3. The number of rotatable bonds is 6. The van der Waals surface area contributed by atoms with Gasteiger partial charge in [-0.2, -0.15) is 0 Å². The van der Waals surface area contributed by atoms with E-state index in [4.69, 9.17) is 5.11 Å². The highest BCUT2D eigenvalue weighted by Crippen LogP contribution is 2.30. The molecular weight excluding hydrogens is 202 g/mol. The van der Waals surface area contributed by atoms with Crippen LogP contribution < -0.4 is 4.72 Å². The van der Waals surface area contributed by atoms with Crippen molar-refractivity contribution in [2.24, 2.45) is 11.8 Å². The van der Waals surface area contributed by atoms with Crippen molar-refractivity contribution in [2.45, 2.75) is 32.7 Å². The Hall–Kier alpha value is -0.130. The SMILES string of the molecule is CC(CO)C(C)NS(=O)(=O)CC1CC1. The minimum Gasteiger partial charge on any atom is -0.396 e. The van der Waals surface area contributed by atoms with E-state index in [-0.39, 0.29) is 24.3 Å². The van der Waals surface area contributed by atoms with Crippen LogP contribution in [0.5, 0.6) is 0 Å². The number of hydrogen-bond donors (Lipinski definition) is 2. The molecule has 0 radical (unpaired) electrons. The molecule has 0 aromatic heterocycles. The average Bonchev–Trinajstić information content (AvgIpc) is 2.84. The molecule has 0 spiro atoms. The van der Waals surface area contributed by atoms with Gasteiger partial charge in [0.05, 0.1) is 5.75 Å². The highest BCUT2D eigenvalue weighted by Gasteiger charge is 2.29. The van der Waals surface area contributed by atoms with E-state index in [0.717, 1.165) is 12.8 Å². The molecule has 2 unspecified atom stereocenters. The average molecular weight is 221 g/mol. The van der Waals surface area contributed by atoms with Gasteiger partial charge in [0.2, 0.25) is 10.0 Å². The van der Waals surface area contributed by atoms with Gasteiger partial charge >= 0.3 is 0 Å². The van der Waals surface area contributed by atoms with E-state index in [1.54, 1.807) is 6.92 Å². The zero-order valence-electron chi connectivity index (χ0n) is 8.73. The van der Waals surface area contributed by atoms with Crippen LogP contribution in [0, 0.1) is 11.8 Å². The quantitative estimate of drug-likeness (QED) is 0.679. The fourth-order valence-corrected chi connectivity index (χ4v) is 3.05. The molecule has 0 aromatic carbocycles. The summed E-state index contributed by atoms with van der Waals surface area (Å²) in [7, 11) is -3.13. The number of aliphatic hydroxyl groups excluding tert-OH is 1. The Labute approximate surface area is 85.8 Å². The van der Waals surface area contributed by atoms with Gasteiger partial charge in [-0.15, -0.1) is 0 Å². The number of nitrogens with one attached hydrogen (secondary N) is 1. The maximum absolute atomic E-state index is 11.5. The van der Waals surface area contributed by atoms with Gasteiger partial charge in [-0.05, 0) is 31.6 Å². The first-order chi connectivity index (χ1) is 6.44. The van der Waals surface area contributed by atoms with Crippen molar-refractivity contribution in [3.05, 3.63) is 0 Å². The van der Waals surface area contributed by atoms with Crippen molar-refractivity contribution in [3.63, 3.8) is 0 Å². The van der Waals surface area contributed by atoms with Gasteiger partial charge in [0, 0.05) is 12.6 Å². The lowest BCUT2D eigenvalue weighted by molar-refractivity contribution is 0.216. The summed E-state index contributed by atoms with van der Waals surface area (Å²) in [5.74, 6) is 0.572. The smallest absolute Gasteiger partial charge is 0.212 e. The Kier molecular flexibility index (Phi) is 3.92. The Morgan fingerprint density at radius 2 is 2.00 bits per heavy atom. The Morgan fingerprint density at radius 3 is 2.43 bits per heavy atom. The molecule has 5 heteroatoms. The molecule has 0 aromatic rings. The van der Waals surface area contributed by atoms with Crippen LogP contribution in [0.1, 0.15) is 26.7 Å². The van der Waals surface area contributed by atoms with Crippen LogP contribution in [-0.4, -0.2) is 31.9 Å². The molecular formula is C9H19NO3S. The molecule has 0 amide bonds. The van der Waals surface area contributed by atoms with Crippen molar-refractivity contribution in [1.82, 2.24) is 4.72 Å². The molecule has 1 aliphatic carbocycles. The highest BCUT2D eigenvalue weighted by molar-refractivity contribution is 7.89. The third kappa shape index (κ3) is 3.94. The van der Waals surface area contributed by atoms with Crippen LogP contribution in [0.3, 0.4) is 0 Å². The number of aliphatic hydroxyl groups is 1. The molecule has 0 bridgehead atoms. The lowest BCUT2D eigenvalue weighted by Crippen LogP contribution is -2.39. The first kappa shape index (κ1) is 11.9. The first-order valence-electron chi connectivity index (χ1n) is 5.05. The van der Waals surface area contributed by atoms with Crippen LogP contribution in [0.4, 0.5) is 0 Å². The lowest BCUT2D eigenvalue weighted by atomic mass is 10.1. The van der Waals surface area contributed by atoms with E-state index in [0.29, 0.717) is 5.92 Å². The zero-order valence-corrected chi connectivity index (χ0v) is 9.55. The third-order valence-electron chi connectivity index (χ3n) is 2.66. The third-order valence-corrected chi connectivity index (χ3v) is 4.30. The number of sulfonamides is 1. The zero-order chi connectivity index (χ0) is 10.8. The van der Waals surface area contributed by atoms with E-state index >= 15 is 0 Å². The highest BCUT2D eigenvalue weighted by atomic mass is 32.2. The molecule has 1 rings (SSSR count). The normalized spacial score (nSPS) is 21.9. The summed E-state index contributed by atoms with van der Waals surface area (Å²) in [6.07, 6.45) is 2.07. The first-order valence-corrected chi connectivity index (χ1v) is 6.70. The van der Waals surface area contributed by atoms with E-state index in [1.807, 2.05) is 6.92 Å². The van der Waals surface area contributed by atoms with E-state index in [1.165, 1.54) is 0 Å². The van der Waals surface area contributed by atoms with Crippen molar-refractivity contribution in [1.29, 1.82) is 0 Å². The van der Waals surface area contributed by atoms with E-state index < -0.39 is 10.0 Å². The van der Waals surface area contributed by atoms with Gasteiger partial charge in [0.15, 0.2) is 0 Å². The van der Waals surface area contributed by atoms with Crippen LogP contribution in [0.25, 0.3) is 0 Å². The van der Waals surface area contributed by atoms with Gasteiger partial charge in [0.25, 0.3) is 0 Å². The molecule has 4 nitrogen and oxygen atoms in total. The molecule has 2 atom stereocenters. The van der Waals surface area contributed by atoms with Crippen LogP contribution in [0.15, 0.2) is 0 Å². The molecule has 84 valence electrons. The Bertz CT molecular complexity index is 272. The molecule has 14 heavy (non-hydrogen) atoms. The van der Waals surface area contributed by atoms with Gasteiger partial charge in [-0.25, -0.2) is 13.1 Å². The molecule has 0 heterocycles. The summed E-state index contributed by atoms with van der Waals surface area (Å²) in [6.45, 7) is 3.61. The van der Waals surface area contributed by atoms with E-state index in [2.05, 4.69) is 4.72 Å². The molecule has 2 N–H and O–H groups in total. The minimum absolute atomic E-state index is 0.00706. The monoisotopic (exact) mass is 221 g/mol. The summed E-state index contributed by atoms with van der Waals surface area (Å²) < 4.78 is 25.6. The summed E-state index contributed by atoms with van der Waals surface area (Å²) >= 11 is 0. The van der Waals surface area contributed by atoms with Crippen molar-refractivity contribution in [3.8, 4) is 0 Å². The van der Waals surface area contributed by atoms with Crippen molar-refractivity contribution < 1.29 is 13.5 Å². The van der Waals surface area contributed by atoms with E-state index in [9.17, 15) is 8.42 Å². The Morgan fingerprint density at radius 1 is 1.43 bits per heavy atom. The maximum atomic E-state index is 11.5. The lowest BCUT2D eigenvalue weighted by Gasteiger charge is -2.18. The van der Waals surface area contributed by atoms with Crippen molar-refractivity contribution >= 4 is 10.0 Å². The van der Waals surface area contributed by atoms with Gasteiger partial charge in [-0.1, -0.05) is 6.92 Å². The fourth-order valence-electron chi connectivity index (χ4n) is 1.20. The summed E-state index contributed by atoms with van der Waals surface area (Å²) in [5, 5.41) is 8.86. The van der Waals surface area contributed by atoms with Crippen LogP contribution in [-0.2, 0) is 10.0 Å². The second-order valence-electron chi connectivity index (χ2n) is 4.29. The second-order valence-corrected chi connectivity index (χ2v) is 6.09. The summed E-state index contributed by atoms with van der Waals surface area (Å²) in [5.41, 5.74) is 0. The minimum atomic E-state index is -3.13. The molecule has 1 aliphatic rings. The summed E-state index contributed by atoms with van der Waals surface area (Å²) in [4.78, 5) is 0. The molecule has 1 saturated carbocycles. The van der Waals surface area contributed by atoms with Gasteiger partial charge < -0.3 is 5.11 Å².